The number of benzene rings is 1. The zero-order valence-corrected chi connectivity index (χ0v) is 13.8. The van der Waals surface area contributed by atoms with Crippen molar-refractivity contribution in [2.75, 3.05) is 0 Å². The number of aryl methyl sites for hydroxylation is 1. The van der Waals surface area contributed by atoms with E-state index in [9.17, 15) is 9.59 Å². The average Bonchev–Trinajstić information content (AvgIpc) is 3.10. The molecule has 0 fully saturated rings. The second-order valence-corrected chi connectivity index (χ2v) is 5.86. The third kappa shape index (κ3) is 2.98. The summed E-state index contributed by atoms with van der Waals surface area (Å²) in [6.45, 7) is 1.70. The van der Waals surface area contributed by atoms with Crippen LogP contribution in [-0.2, 0) is 11.8 Å². The van der Waals surface area contributed by atoms with Crippen LogP contribution in [-0.4, -0.2) is 26.4 Å². The lowest BCUT2D eigenvalue weighted by atomic mass is 10.3. The van der Waals surface area contributed by atoms with Crippen molar-refractivity contribution in [3.8, 4) is 0 Å². The van der Waals surface area contributed by atoms with Crippen LogP contribution in [0.2, 0.25) is 5.02 Å². The molecule has 0 spiro atoms. The summed E-state index contributed by atoms with van der Waals surface area (Å²) < 4.78 is 6.91. The van der Waals surface area contributed by atoms with Gasteiger partial charge in [0.2, 0.25) is 5.91 Å². The van der Waals surface area contributed by atoms with E-state index in [1.165, 1.54) is 16.8 Å². The van der Waals surface area contributed by atoms with Crippen LogP contribution in [0.5, 0.6) is 0 Å². The van der Waals surface area contributed by atoms with Crippen molar-refractivity contribution < 1.29 is 14.3 Å². The number of primary amides is 1. The van der Waals surface area contributed by atoms with E-state index >= 15 is 0 Å². The molecule has 3 aromatic rings. The largest absolute Gasteiger partial charge is 0.450 e. The van der Waals surface area contributed by atoms with Gasteiger partial charge in [-0.2, -0.15) is 0 Å². The van der Waals surface area contributed by atoms with E-state index in [1.54, 1.807) is 32.2 Å². The minimum atomic E-state index is -0.605. The number of aromatic amines is 1. The van der Waals surface area contributed by atoms with Gasteiger partial charge in [-0.05, 0) is 31.2 Å². The average molecular weight is 347 g/mol. The maximum absolute atomic E-state index is 12.3. The highest BCUT2D eigenvalue weighted by molar-refractivity contribution is 6.31. The van der Waals surface area contributed by atoms with Crippen LogP contribution in [0.1, 0.15) is 39.7 Å². The van der Waals surface area contributed by atoms with Gasteiger partial charge in [0.15, 0.2) is 6.10 Å². The number of carbonyl (C=O) groups excluding carboxylic acids is 2. The number of hydrogen-bond donors (Lipinski definition) is 2. The minimum absolute atomic E-state index is 0.231. The Hall–Kier alpha value is -2.80. The number of nitrogens with one attached hydrogen (secondary N) is 1. The lowest BCUT2D eigenvalue weighted by Crippen LogP contribution is -2.13. The van der Waals surface area contributed by atoms with Gasteiger partial charge < -0.3 is 20.0 Å². The molecule has 0 saturated carbocycles. The van der Waals surface area contributed by atoms with Crippen molar-refractivity contribution in [2.45, 2.75) is 13.0 Å². The smallest absolute Gasteiger partial charge is 0.355 e. The van der Waals surface area contributed by atoms with Gasteiger partial charge in [-0.15, -0.1) is 0 Å². The van der Waals surface area contributed by atoms with Crippen molar-refractivity contribution >= 4 is 34.5 Å². The predicted molar refractivity (Wildman–Crippen MR) is 88.9 cm³/mol. The molecule has 1 aromatic carbocycles. The number of halogens is 1. The molecule has 0 radical (unpaired) electrons. The Morgan fingerprint density at radius 1 is 1.38 bits per heavy atom. The number of rotatable bonds is 4. The summed E-state index contributed by atoms with van der Waals surface area (Å²) in [6.07, 6.45) is 0.878. The summed E-state index contributed by atoms with van der Waals surface area (Å²) in [7, 11) is 1.64. The van der Waals surface area contributed by atoms with Crippen molar-refractivity contribution in [3.63, 3.8) is 0 Å². The Morgan fingerprint density at radius 3 is 2.79 bits per heavy atom. The third-order valence-electron chi connectivity index (χ3n) is 3.63. The minimum Gasteiger partial charge on any atom is -0.450 e. The van der Waals surface area contributed by atoms with Crippen molar-refractivity contribution in [1.29, 1.82) is 0 Å². The third-order valence-corrected chi connectivity index (χ3v) is 3.86. The molecule has 0 bridgehead atoms. The second-order valence-electron chi connectivity index (χ2n) is 5.42. The normalized spacial score (nSPS) is 12.3. The van der Waals surface area contributed by atoms with Crippen LogP contribution in [0.25, 0.3) is 11.0 Å². The first kappa shape index (κ1) is 16.1. The molecular formula is C16H15ClN4O3. The number of amides is 1. The van der Waals surface area contributed by atoms with Crippen molar-refractivity contribution in [3.05, 3.63) is 52.6 Å². The monoisotopic (exact) mass is 346 g/mol. The number of nitrogens with zero attached hydrogens (tertiary/aromatic N) is 2. The number of ether oxygens (including phenoxy) is 1. The Kier molecular flexibility index (Phi) is 4.02. The fourth-order valence-electron chi connectivity index (χ4n) is 2.37. The predicted octanol–water partition coefficient (Wildman–Crippen LogP) is 2.57. The molecule has 8 heteroatoms. The lowest BCUT2D eigenvalue weighted by molar-refractivity contribution is 0.0311. The highest BCUT2D eigenvalue weighted by Gasteiger charge is 2.20. The Labute approximate surface area is 142 Å². The molecule has 0 aliphatic rings. The first-order valence-corrected chi connectivity index (χ1v) is 7.55. The number of imidazole rings is 1. The van der Waals surface area contributed by atoms with Gasteiger partial charge in [0, 0.05) is 18.3 Å². The molecule has 1 atom stereocenters. The van der Waals surface area contributed by atoms with Crippen LogP contribution in [0, 0.1) is 0 Å². The molecule has 3 N–H and O–H groups in total. The van der Waals surface area contributed by atoms with E-state index in [1.807, 2.05) is 0 Å². The molecule has 1 amide bonds. The number of hydrogen-bond acceptors (Lipinski definition) is 4. The number of aromatic nitrogens is 3. The van der Waals surface area contributed by atoms with Gasteiger partial charge in [-0.25, -0.2) is 9.78 Å². The number of esters is 1. The summed E-state index contributed by atoms with van der Waals surface area (Å²) in [5.41, 5.74) is 7.18. The Balaban J connectivity index is 1.81. The van der Waals surface area contributed by atoms with Gasteiger partial charge in [0.05, 0.1) is 16.6 Å². The van der Waals surface area contributed by atoms with Crippen LogP contribution in [0.15, 0.2) is 30.5 Å². The number of H-pyrrole nitrogens is 1. The van der Waals surface area contributed by atoms with Gasteiger partial charge in [0.1, 0.15) is 11.5 Å². The molecule has 1 unspecified atom stereocenters. The number of nitrogens with two attached hydrogens (primary N) is 1. The molecule has 2 heterocycles. The first-order chi connectivity index (χ1) is 11.3. The summed E-state index contributed by atoms with van der Waals surface area (Å²) in [5, 5.41) is 0.588. The molecular weight excluding hydrogens is 332 g/mol. The maximum atomic E-state index is 12.3. The van der Waals surface area contributed by atoms with E-state index in [2.05, 4.69) is 9.97 Å². The quantitative estimate of drug-likeness (QED) is 0.708. The van der Waals surface area contributed by atoms with Gasteiger partial charge in [-0.3, -0.25) is 4.79 Å². The van der Waals surface area contributed by atoms with E-state index in [4.69, 9.17) is 22.1 Å². The van der Waals surface area contributed by atoms with Crippen LogP contribution in [0.3, 0.4) is 0 Å². The summed E-state index contributed by atoms with van der Waals surface area (Å²) in [5.74, 6) is -0.673. The molecule has 24 heavy (non-hydrogen) atoms. The molecule has 7 nitrogen and oxygen atoms in total. The van der Waals surface area contributed by atoms with Crippen LogP contribution in [0.4, 0.5) is 0 Å². The fraction of sp³-hybridized carbons (Fsp3) is 0.188. The van der Waals surface area contributed by atoms with Gasteiger partial charge in [-0.1, -0.05) is 11.6 Å². The SMILES string of the molecule is CC(OC(=O)c1cc(C(N)=O)cn1C)c1nc2ccc(Cl)cc2[nH]1. The molecule has 0 aliphatic heterocycles. The molecule has 0 aliphatic carbocycles. The van der Waals surface area contributed by atoms with E-state index in [-0.39, 0.29) is 11.3 Å². The lowest BCUT2D eigenvalue weighted by Gasteiger charge is -2.11. The van der Waals surface area contributed by atoms with E-state index in [0.29, 0.717) is 10.8 Å². The molecule has 2 aromatic heterocycles. The molecule has 0 saturated heterocycles. The van der Waals surface area contributed by atoms with Crippen molar-refractivity contribution in [1.82, 2.24) is 14.5 Å². The number of fused-ring (bicyclic) bond motifs is 1. The van der Waals surface area contributed by atoms with E-state index < -0.39 is 18.0 Å². The topological polar surface area (TPSA) is 103 Å². The Bertz CT molecular complexity index is 944. The van der Waals surface area contributed by atoms with E-state index in [0.717, 1.165) is 11.0 Å². The van der Waals surface area contributed by atoms with Crippen LogP contribution < -0.4 is 5.73 Å². The highest BCUT2D eigenvalue weighted by Crippen LogP contribution is 2.22. The maximum Gasteiger partial charge on any atom is 0.355 e. The standard InChI is InChI=1S/C16H15ClN4O3/c1-8(15-19-11-4-3-10(17)6-12(11)20-15)24-16(23)13-5-9(14(18)22)7-21(13)2/h3-8H,1-2H3,(H2,18,22)(H,19,20). The second kappa shape index (κ2) is 6.01. The summed E-state index contributed by atoms with van der Waals surface area (Å²) >= 11 is 5.94. The van der Waals surface area contributed by atoms with Gasteiger partial charge in [0.25, 0.3) is 0 Å². The zero-order chi connectivity index (χ0) is 17.4. The number of carbonyl (C=O) groups is 2. The van der Waals surface area contributed by atoms with Crippen molar-refractivity contribution in [2.24, 2.45) is 12.8 Å². The van der Waals surface area contributed by atoms with Gasteiger partial charge >= 0.3 is 5.97 Å². The fourth-order valence-corrected chi connectivity index (χ4v) is 2.55. The molecule has 3 rings (SSSR count). The summed E-state index contributed by atoms with van der Waals surface area (Å²) in [6, 6.07) is 6.66. The van der Waals surface area contributed by atoms with Crippen LogP contribution >= 0.6 is 11.6 Å². The first-order valence-electron chi connectivity index (χ1n) is 7.17. The summed E-state index contributed by atoms with van der Waals surface area (Å²) in [4.78, 5) is 30.9. The zero-order valence-electron chi connectivity index (χ0n) is 13.0. The Morgan fingerprint density at radius 2 is 2.12 bits per heavy atom. The molecule has 124 valence electrons. The highest BCUT2D eigenvalue weighted by atomic mass is 35.5.